The average Bonchev–Trinajstić information content (AvgIpc) is 3.41. The predicted octanol–water partition coefficient (Wildman–Crippen LogP) is 4.44. The van der Waals surface area contributed by atoms with E-state index in [9.17, 15) is 14.7 Å². The lowest BCUT2D eigenvalue weighted by molar-refractivity contribution is -0.172. The summed E-state index contributed by atoms with van der Waals surface area (Å²) in [5.41, 5.74) is 2.81. The van der Waals surface area contributed by atoms with Gasteiger partial charge in [-0.25, -0.2) is 9.78 Å². The van der Waals surface area contributed by atoms with Crippen LogP contribution in [0.1, 0.15) is 74.6 Å². The monoisotopic (exact) mass is 584 g/mol. The molecule has 7 rings (SSSR count). The molecular weight excluding hydrogens is 544 g/mol. The van der Waals surface area contributed by atoms with Crippen LogP contribution in [0.5, 0.6) is 5.75 Å². The second-order valence-electron chi connectivity index (χ2n) is 12.4. The van der Waals surface area contributed by atoms with Gasteiger partial charge in [0.1, 0.15) is 12.4 Å². The summed E-state index contributed by atoms with van der Waals surface area (Å²) >= 11 is 0. The maximum Gasteiger partial charge on any atom is 0.343 e. The molecule has 0 saturated carbocycles. The Bertz CT molecular complexity index is 1680. The van der Waals surface area contributed by atoms with Crippen LogP contribution in [0.2, 0.25) is 0 Å². The normalized spacial score (nSPS) is 22.2. The first-order chi connectivity index (χ1) is 20.8. The van der Waals surface area contributed by atoms with Gasteiger partial charge in [0.05, 0.1) is 29.0 Å². The number of ether oxygens (including phenoxy) is 2. The number of piperidine rings is 2. The smallest absolute Gasteiger partial charge is 0.343 e. The Morgan fingerprint density at radius 1 is 1.09 bits per heavy atom. The molecule has 0 amide bonds. The maximum atomic E-state index is 13.6. The predicted molar refractivity (Wildman–Crippen MR) is 164 cm³/mol. The Balaban J connectivity index is 1.16. The van der Waals surface area contributed by atoms with E-state index in [1.54, 1.807) is 17.6 Å². The molecule has 0 aliphatic carbocycles. The van der Waals surface area contributed by atoms with Gasteiger partial charge in [0, 0.05) is 35.6 Å². The number of likely N-dealkylation sites (tertiary alicyclic amines) is 2. The van der Waals surface area contributed by atoms with Crippen molar-refractivity contribution < 1.29 is 19.4 Å². The summed E-state index contributed by atoms with van der Waals surface area (Å²) in [6.07, 6.45) is 7.13. The van der Waals surface area contributed by atoms with E-state index < -0.39 is 11.6 Å². The van der Waals surface area contributed by atoms with E-state index >= 15 is 0 Å². The lowest BCUT2D eigenvalue weighted by atomic mass is 9.86. The molecule has 1 unspecified atom stereocenters. The van der Waals surface area contributed by atoms with Gasteiger partial charge >= 0.3 is 5.97 Å². The van der Waals surface area contributed by atoms with Crippen LogP contribution < -0.4 is 10.3 Å². The van der Waals surface area contributed by atoms with Crippen molar-refractivity contribution in [1.29, 1.82) is 0 Å². The van der Waals surface area contributed by atoms with Crippen LogP contribution in [0.3, 0.4) is 0 Å². The van der Waals surface area contributed by atoms with E-state index in [1.807, 2.05) is 18.2 Å². The number of hydrogen-bond donors (Lipinski definition) is 1. The number of fused-ring (bicyclic) bond motifs is 5. The first-order valence-corrected chi connectivity index (χ1v) is 15.8. The number of hydrogen-bond acceptors (Lipinski definition) is 8. The summed E-state index contributed by atoms with van der Waals surface area (Å²) in [4.78, 5) is 36.0. The maximum absolute atomic E-state index is 13.6. The van der Waals surface area contributed by atoms with Gasteiger partial charge in [-0.2, -0.15) is 0 Å². The second kappa shape index (κ2) is 10.8. The van der Waals surface area contributed by atoms with Crippen molar-refractivity contribution in [1.82, 2.24) is 19.4 Å². The molecule has 1 N–H and O–H groups in total. The fourth-order valence-electron chi connectivity index (χ4n) is 7.57. The van der Waals surface area contributed by atoms with Crippen molar-refractivity contribution >= 4 is 16.9 Å². The molecule has 6 heterocycles. The molecule has 2 saturated heterocycles. The minimum Gasteiger partial charge on any atom is -0.458 e. The highest BCUT2D eigenvalue weighted by Gasteiger charge is 2.45. The topological polar surface area (TPSA) is 97.1 Å². The molecule has 1 aromatic carbocycles. The van der Waals surface area contributed by atoms with Crippen molar-refractivity contribution in [2.75, 3.05) is 26.2 Å². The molecule has 1 atom stereocenters. The largest absolute Gasteiger partial charge is 0.458 e. The summed E-state index contributed by atoms with van der Waals surface area (Å²) < 4.78 is 13.2. The van der Waals surface area contributed by atoms with Crippen LogP contribution in [0, 0.1) is 0 Å². The zero-order chi connectivity index (χ0) is 29.9. The summed E-state index contributed by atoms with van der Waals surface area (Å²) in [7, 11) is 0. The van der Waals surface area contributed by atoms with Crippen molar-refractivity contribution in [3.8, 4) is 17.1 Å². The third-order valence-electron chi connectivity index (χ3n) is 10.1. The lowest BCUT2D eigenvalue weighted by Gasteiger charge is -2.41. The van der Waals surface area contributed by atoms with E-state index in [1.165, 1.54) is 32.4 Å². The van der Waals surface area contributed by atoms with Crippen LogP contribution >= 0.6 is 0 Å². The lowest BCUT2D eigenvalue weighted by Crippen LogP contribution is -2.46. The average molecular weight is 585 g/mol. The minimum atomic E-state index is -1.84. The van der Waals surface area contributed by atoms with Gasteiger partial charge in [0.15, 0.2) is 11.5 Å². The molecule has 226 valence electrons. The highest BCUT2D eigenvalue weighted by Crippen LogP contribution is 2.41. The third kappa shape index (κ3) is 4.55. The molecule has 4 aliphatic heterocycles. The number of benzene rings is 1. The Labute approximate surface area is 251 Å². The second-order valence-corrected chi connectivity index (χ2v) is 12.4. The number of nitrogens with zero attached hydrogens (tertiary/aromatic N) is 4. The summed E-state index contributed by atoms with van der Waals surface area (Å²) in [5, 5.41) is 12.2. The van der Waals surface area contributed by atoms with E-state index in [-0.39, 0.29) is 18.6 Å². The Morgan fingerprint density at radius 2 is 1.86 bits per heavy atom. The van der Waals surface area contributed by atoms with Crippen LogP contribution in [0.4, 0.5) is 0 Å². The van der Waals surface area contributed by atoms with Crippen LogP contribution in [0.15, 0.2) is 41.5 Å². The Kier molecular flexibility index (Phi) is 7.05. The fourth-order valence-corrected chi connectivity index (χ4v) is 7.57. The Morgan fingerprint density at radius 3 is 2.58 bits per heavy atom. The Hall–Kier alpha value is -3.69. The van der Waals surface area contributed by atoms with Crippen molar-refractivity contribution in [2.24, 2.45) is 0 Å². The summed E-state index contributed by atoms with van der Waals surface area (Å²) in [5.74, 6) is 0.679. The number of carbonyl (C=O) groups is 1. The first kappa shape index (κ1) is 28.1. The minimum absolute atomic E-state index is 0.116. The van der Waals surface area contributed by atoms with Crippen molar-refractivity contribution in [3.63, 3.8) is 0 Å². The van der Waals surface area contributed by atoms with Gasteiger partial charge in [0.2, 0.25) is 0 Å². The SMILES string of the molecule is C=C(Oc1ccc2nc3c(c(CC)c2c1)Cn1c-3cc2c(c1=O)COC(=O)C2(O)CC)N1CCC(N2CCCCC2)CC1. The highest BCUT2D eigenvalue weighted by atomic mass is 16.6. The number of aromatic nitrogens is 2. The van der Waals surface area contributed by atoms with Gasteiger partial charge in [-0.3, -0.25) is 4.79 Å². The number of rotatable bonds is 6. The molecule has 0 bridgehead atoms. The van der Waals surface area contributed by atoms with E-state index in [0.29, 0.717) is 35.3 Å². The van der Waals surface area contributed by atoms with E-state index in [2.05, 4.69) is 23.3 Å². The summed E-state index contributed by atoms with van der Waals surface area (Å²) in [6, 6.07) is 8.34. The standard InChI is InChI=1S/C34H40N4O5/c1-4-24-25-17-23(43-21(3)36-15-11-22(12-16-36)37-13-7-6-8-14-37)9-10-29(25)35-31-26(24)19-38-30(31)18-28-27(32(38)39)20-42-33(40)34(28,41)5-2/h9-10,17-18,22,41H,3-8,11-16,19-20H2,1-2H3. The van der Waals surface area contributed by atoms with Crippen molar-refractivity contribution in [2.45, 2.75) is 83.6 Å². The molecular formula is C34H40N4O5. The third-order valence-corrected chi connectivity index (χ3v) is 10.1. The molecule has 43 heavy (non-hydrogen) atoms. The number of carbonyl (C=O) groups excluding carboxylic acids is 1. The highest BCUT2D eigenvalue weighted by molar-refractivity contribution is 5.90. The zero-order valence-corrected chi connectivity index (χ0v) is 25.2. The number of pyridine rings is 2. The van der Waals surface area contributed by atoms with Crippen LogP contribution in [0.25, 0.3) is 22.3 Å². The molecule has 0 spiro atoms. The van der Waals surface area contributed by atoms with Crippen molar-refractivity contribution in [3.05, 3.63) is 69.3 Å². The zero-order valence-electron chi connectivity index (χ0n) is 25.2. The van der Waals surface area contributed by atoms with Gasteiger partial charge in [-0.1, -0.05) is 20.3 Å². The molecule has 3 aromatic rings. The molecule has 0 radical (unpaired) electrons. The van der Waals surface area contributed by atoms with Gasteiger partial charge in [-0.05, 0) is 88.0 Å². The molecule has 2 aromatic heterocycles. The molecule has 9 nitrogen and oxygen atoms in total. The number of esters is 1. The quantitative estimate of drug-likeness (QED) is 0.263. The number of aryl methyl sites for hydroxylation is 1. The number of aliphatic hydroxyl groups is 1. The van der Waals surface area contributed by atoms with E-state index in [4.69, 9.17) is 14.5 Å². The first-order valence-electron chi connectivity index (χ1n) is 15.8. The van der Waals surface area contributed by atoms with Crippen LogP contribution in [-0.4, -0.2) is 62.6 Å². The van der Waals surface area contributed by atoms with Gasteiger partial charge in [-0.15, -0.1) is 0 Å². The molecule has 9 heteroatoms. The number of cyclic esters (lactones) is 1. The summed E-state index contributed by atoms with van der Waals surface area (Å²) in [6.45, 7) is 12.7. The molecule has 2 fully saturated rings. The fraction of sp³-hybridized carbons (Fsp3) is 0.500. The van der Waals surface area contributed by atoms with Gasteiger partial charge < -0.3 is 28.9 Å². The molecule has 4 aliphatic rings. The van der Waals surface area contributed by atoms with Gasteiger partial charge in [0.25, 0.3) is 5.56 Å². The van der Waals surface area contributed by atoms with Crippen LogP contribution in [-0.2, 0) is 34.7 Å². The van der Waals surface area contributed by atoms with E-state index in [0.717, 1.165) is 65.8 Å².